The number of ether oxygens (including phenoxy) is 2. The molecular formula is C28H42KN5O5-2. The number of aromatic nitrogens is 1. The molecule has 1 aliphatic heterocycles. The topological polar surface area (TPSA) is 134 Å². The van der Waals surface area contributed by atoms with Crippen LogP contribution in [0.5, 0.6) is 0 Å². The zero-order valence-electron chi connectivity index (χ0n) is 23.9. The molecule has 212 valence electrons. The zero-order chi connectivity index (χ0) is 28.0. The van der Waals surface area contributed by atoms with Crippen molar-refractivity contribution in [1.29, 1.82) is 0 Å². The number of methoxy groups -OCH3 is 1. The molecule has 0 spiro atoms. The van der Waals surface area contributed by atoms with Gasteiger partial charge in [-0.3, -0.25) is 9.69 Å². The van der Waals surface area contributed by atoms with Gasteiger partial charge in [0.05, 0.1) is 0 Å². The minimum absolute atomic E-state index is 0. The standard InChI is InChI=1S/C23H31N5O3.C5H11O2.K/c1-3-31-14-8-25-21-16-19-7-6-18(15-20(19)26-23(21)24)5-4-9-27-10-12-28(13-11-27)22(29)17-30-2;1-5(2,3-6)4-7;/h6-7,15H,3-5,9-14,17H2,1-2H3,(H2,24,26);6-7H,1,3-4H2,2H3;/q-2;-1;+1. The average Bonchev–Trinajstić information content (AvgIpc) is 2.92. The number of nitrogen functional groups attached to an aromatic ring is 1. The molecule has 4 N–H and O–H groups in total. The van der Waals surface area contributed by atoms with Crippen LogP contribution in [-0.4, -0.2) is 110 Å². The molecule has 0 atom stereocenters. The van der Waals surface area contributed by atoms with Crippen molar-refractivity contribution in [1.82, 2.24) is 14.8 Å². The van der Waals surface area contributed by atoms with E-state index in [1.165, 1.54) is 5.56 Å². The molecule has 1 saturated heterocycles. The van der Waals surface area contributed by atoms with E-state index < -0.39 is 5.41 Å². The summed E-state index contributed by atoms with van der Waals surface area (Å²) < 4.78 is 10.1. The van der Waals surface area contributed by atoms with Crippen molar-refractivity contribution < 1.29 is 75.9 Å². The van der Waals surface area contributed by atoms with Crippen LogP contribution in [0.4, 0.5) is 11.5 Å². The van der Waals surface area contributed by atoms with Crippen molar-refractivity contribution in [3.05, 3.63) is 36.8 Å². The number of carbonyl (C=O) groups is 1. The van der Waals surface area contributed by atoms with Crippen LogP contribution < -0.4 is 57.1 Å². The summed E-state index contributed by atoms with van der Waals surface area (Å²) in [4.78, 5) is 24.8. The summed E-state index contributed by atoms with van der Waals surface area (Å²) in [7, 11) is 1.55. The van der Waals surface area contributed by atoms with Crippen molar-refractivity contribution in [2.75, 3.05) is 78.6 Å². The van der Waals surface area contributed by atoms with E-state index in [9.17, 15) is 4.79 Å². The van der Waals surface area contributed by atoms with Gasteiger partial charge in [-0.1, -0.05) is 18.6 Å². The number of pyridine rings is 1. The molecule has 1 fully saturated rings. The molecular weight excluding hydrogens is 525 g/mol. The zero-order valence-corrected chi connectivity index (χ0v) is 27.0. The number of hydrogen-bond donors (Lipinski definition) is 3. The summed E-state index contributed by atoms with van der Waals surface area (Å²) in [6.45, 7) is 12.4. The number of nitrogens with two attached hydrogens (primary N) is 1. The Labute approximate surface area is 275 Å². The summed E-state index contributed by atoms with van der Waals surface area (Å²) in [6.07, 6.45) is 4.82. The van der Waals surface area contributed by atoms with Crippen molar-refractivity contribution in [2.45, 2.75) is 26.7 Å². The molecule has 10 nitrogen and oxygen atoms in total. The number of anilines is 1. The van der Waals surface area contributed by atoms with Crippen LogP contribution in [0.15, 0.2) is 23.2 Å². The van der Waals surface area contributed by atoms with Gasteiger partial charge >= 0.3 is 51.4 Å². The van der Waals surface area contributed by atoms with Crippen LogP contribution in [0.2, 0.25) is 0 Å². The molecule has 39 heavy (non-hydrogen) atoms. The Morgan fingerprint density at radius 2 is 1.97 bits per heavy atom. The number of aliphatic hydroxyl groups is 2. The second-order valence-electron chi connectivity index (χ2n) is 9.62. The molecule has 1 aromatic carbocycles. The molecule has 3 rings (SSSR count). The van der Waals surface area contributed by atoms with Gasteiger partial charge in [0.1, 0.15) is 6.61 Å². The predicted octanol–water partition coefficient (Wildman–Crippen LogP) is -1.23. The first-order valence-electron chi connectivity index (χ1n) is 12.9. The molecule has 1 amide bonds. The minimum Gasteiger partial charge on any atom is -0.470 e. The third-order valence-electron chi connectivity index (χ3n) is 6.06. The van der Waals surface area contributed by atoms with E-state index in [1.807, 2.05) is 17.9 Å². The molecule has 1 aliphatic rings. The number of aliphatic hydroxyl groups excluding tert-OH is 2. The molecule has 0 unspecified atom stereocenters. The van der Waals surface area contributed by atoms with E-state index in [0.29, 0.717) is 24.7 Å². The molecule has 11 heteroatoms. The summed E-state index contributed by atoms with van der Waals surface area (Å²) in [5, 5.41) is 17.6. The first kappa shape index (κ1) is 36.0. The van der Waals surface area contributed by atoms with Crippen molar-refractivity contribution in [3.8, 4) is 0 Å². The first-order valence-corrected chi connectivity index (χ1v) is 12.9. The van der Waals surface area contributed by atoms with Gasteiger partial charge < -0.3 is 47.2 Å². The Morgan fingerprint density at radius 1 is 1.28 bits per heavy atom. The second-order valence-corrected chi connectivity index (χ2v) is 9.62. The molecule has 0 bridgehead atoms. The van der Waals surface area contributed by atoms with Gasteiger partial charge in [-0.15, -0.1) is 34.8 Å². The number of aliphatic imine (C=N–C) groups is 1. The maximum atomic E-state index is 11.9. The van der Waals surface area contributed by atoms with E-state index >= 15 is 0 Å². The van der Waals surface area contributed by atoms with Crippen LogP contribution in [-0.2, 0) is 20.7 Å². The van der Waals surface area contributed by atoms with Gasteiger partial charge in [0.15, 0.2) is 0 Å². The summed E-state index contributed by atoms with van der Waals surface area (Å²) >= 11 is 0. The summed E-state index contributed by atoms with van der Waals surface area (Å²) in [6, 6.07) is 9.40. The van der Waals surface area contributed by atoms with Crippen molar-refractivity contribution in [3.63, 3.8) is 0 Å². The smallest absolute Gasteiger partial charge is 0.470 e. The van der Waals surface area contributed by atoms with Crippen LogP contribution in [0.3, 0.4) is 0 Å². The van der Waals surface area contributed by atoms with E-state index in [4.69, 9.17) is 25.4 Å². The maximum Gasteiger partial charge on any atom is 1.00 e. The number of rotatable bonds is 12. The molecule has 1 aromatic heterocycles. The number of amides is 1. The van der Waals surface area contributed by atoms with Gasteiger partial charge in [0.2, 0.25) is 5.91 Å². The van der Waals surface area contributed by atoms with Crippen molar-refractivity contribution in [2.24, 2.45) is 10.4 Å². The van der Waals surface area contributed by atoms with Gasteiger partial charge in [0.25, 0.3) is 0 Å². The number of aryl methyl sites for hydroxylation is 1. The molecule has 0 saturated carbocycles. The molecule has 2 aromatic rings. The third-order valence-corrected chi connectivity index (χ3v) is 6.06. The van der Waals surface area contributed by atoms with Gasteiger partial charge in [-0.2, -0.15) is 0 Å². The van der Waals surface area contributed by atoms with E-state index in [1.54, 1.807) is 14.0 Å². The Kier molecular flexibility index (Phi) is 17.7. The minimum atomic E-state index is -0.556. The van der Waals surface area contributed by atoms with Crippen LogP contribution in [0.1, 0.15) is 25.8 Å². The number of carbonyl (C=O) groups excluding carboxylic acids is 1. The SMILES string of the molecule is CCOC[C-]=Nc1[c-]c2ccc(CCCN3CCN(C(=O)COC)CC3)cc2nc1N.[CH2-]C(C)(CO)CO.[K+]. The van der Waals surface area contributed by atoms with Gasteiger partial charge in [-0.25, -0.2) is 6.07 Å². The largest absolute Gasteiger partial charge is 1.00 e. The number of benzene rings is 1. The Balaban J connectivity index is 0.000000841. The number of nitrogens with zero attached hydrogens (tertiary/aromatic N) is 4. The molecule has 0 radical (unpaired) electrons. The fourth-order valence-electron chi connectivity index (χ4n) is 3.64. The quantitative estimate of drug-likeness (QED) is 0.126. The summed E-state index contributed by atoms with van der Waals surface area (Å²) in [5.74, 6) is 0.414. The Bertz CT molecular complexity index is 1020. The molecule has 0 aliphatic carbocycles. The number of fused-ring (bicyclic) bond motifs is 1. The van der Waals surface area contributed by atoms with Gasteiger partial charge in [0, 0.05) is 59.7 Å². The number of piperazine rings is 1. The predicted molar refractivity (Wildman–Crippen MR) is 149 cm³/mol. The number of hydrogen-bond acceptors (Lipinski definition) is 9. The fraction of sp³-hybridized carbons (Fsp3) is 0.571. The third kappa shape index (κ3) is 13.0. The monoisotopic (exact) mass is 567 g/mol. The maximum absolute atomic E-state index is 11.9. The summed E-state index contributed by atoms with van der Waals surface area (Å²) in [5.41, 5.74) is 8.02. The Morgan fingerprint density at radius 3 is 2.56 bits per heavy atom. The van der Waals surface area contributed by atoms with Crippen LogP contribution in [0.25, 0.3) is 10.9 Å². The Hall–Kier alpha value is -0.994. The average molecular weight is 568 g/mol. The van der Waals surface area contributed by atoms with Crippen LogP contribution in [0, 0.1) is 18.4 Å². The first-order chi connectivity index (χ1) is 18.2. The van der Waals surface area contributed by atoms with Crippen molar-refractivity contribution >= 4 is 34.5 Å². The molecule has 2 heterocycles. The van der Waals surface area contributed by atoms with Crippen LogP contribution >= 0.6 is 0 Å². The fourth-order valence-corrected chi connectivity index (χ4v) is 3.64. The van der Waals surface area contributed by atoms with E-state index in [2.05, 4.69) is 46.2 Å². The second kappa shape index (κ2) is 19.2. The van der Waals surface area contributed by atoms with E-state index in [-0.39, 0.29) is 77.1 Å². The normalized spacial score (nSPS) is 14.3. The van der Waals surface area contributed by atoms with Gasteiger partial charge in [-0.05, 0) is 37.6 Å². The van der Waals surface area contributed by atoms with E-state index in [0.717, 1.165) is 56.5 Å².